The second kappa shape index (κ2) is 5.51. The number of nitro groups is 1. The van der Waals surface area contributed by atoms with E-state index in [0.29, 0.717) is 5.56 Å². The average Bonchev–Trinajstić information content (AvgIpc) is 2.91. The minimum atomic E-state index is -0.367. The van der Waals surface area contributed by atoms with Crippen molar-refractivity contribution in [1.29, 1.82) is 0 Å². The lowest BCUT2D eigenvalue weighted by Crippen LogP contribution is -2.12. The molecule has 0 saturated carbocycles. The second-order valence-electron chi connectivity index (χ2n) is 4.29. The Morgan fingerprint density at radius 1 is 1.53 bits per heavy atom. The van der Waals surface area contributed by atoms with Crippen molar-refractivity contribution < 1.29 is 4.92 Å². The van der Waals surface area contributed by atoms with Crippen molar-refractivity contribution in [3.63, 3.8) is 0 Å². The van der Waals surface area contributed by atoms with E-state index in [4.69, 9.17) is 0 Å². The van der Waals surface area contributed by atoms with Crippen molar-refractivity contribution in [2.45, 2.75) is 26.3 Å². The highest BCUT2D eigenvalue weighted by molar-refractivity contribution is 5.60. The van der Waals surface area contributed by atoms with Gasteiger partial charge in [-0.1, -0.05) is 13.0 Å². The number of imidazole rings is 1. The minimum Gasteiger partial charge on any atom is -0.375 e. The summed E-state index contributed by atoms with van der Waals surface area (Å²) in [5.74, 6) is 0.827. The van der Waals surface area contributed by atoms with Crippen molar-refractivity contribution in [2.24, 2.45) is 0 Å². The molecule has 6 nitrogen and oxygen atoms in total. The fraction of sp³-hybridized carbons (Fsp3) is 0.308. The van der Waals surface area contributed by atoms with Crippen LogP contribution in [-0.2, 0) is 0 Å². The lowest BCUT2D eigenvalue weighted by molar-refractivity contribution is -0.385. The molecule has 0 amide bonds. The molecule has 0 spiro atoms. The van der Waals surface area contributed by atoms with Crippen molar-refractivity contribution >= 4 is 11.4 Å². The van der Waals surface area contributed by atoms with Gasteiger partial charge in [-0.2, -0.15) is 0 Å². The molecule has 0 fully saturated rings. The molecule has 0 aliphatic rings. The molecule has 0 bridgehead atoms. The molecule has 19 heavy (non-hydrogen) atoms. The Labute approximate surface area is 111 Å². The number of aromatic nitrogens is 2. The molecule has 6 heteroatoms. The maximum Gasteiger partial charge on any atom is 0.274 e. The minimum absolute atomic E-state index is 0.00991. The number of H-pyrrole nitrogens is 1. The van der Waals surface area contributed by atoms with Crippen LogP contribution in [0.5, 0.6) is 0 Å². The zero-order chi connectivity index (χ0) is 13.8. The Hall–Kier alpha value is -2.37. The Bertz CT molecular complexity index is 566. The van der Waals surface area contributed by atoms with E-state index in [1.807, 2.05) is 13.0 Å². The lowest BCUT2D eigenvalue weighted by atomic mass is 10.1. The van der Waals surface area contributed by atoms with Crippen molar-refractivity contribution in [1.82, 2.24) is 9.97 Å². The van der Waals surface area contributed by atoms with Gasteiger partial charge in [0.15, 0.2) is 0 Å². The number of aromatic amines is 1. The maximum absolute atomic E-state index is 10.9. The summed E-state index contributed by atoms with van der Waals surface area (Å²) >= 11 is 0. The molecule has 2 rings (SSSR count). The third kappa shape index (κ3) is 2.73. The van der Waals surface area contributed by atoms with Crippen LogP contribution in [0.15, 0.2) is 30.6 Å². The molecule has 0 radical (unpaired) electrons. The fourth-order valence-corrected chi connectivity index (χ4v) is 2.00. The van der Waals surface area contributed by atoms with Crippen LogP contribution in [-0.4, -0.2) is 14.9 Å². The van der Waals surface area contributed by atoms with Crippen LogP contribution in [0.1, 0.15) is 30.8 Å². The molecule has 2 N–H and O–H groups in total. The number of hydrogen-bond acceptors (Lipinski definition) is 4. The Morgan fingerprint density at radius 2 is 2.32 bits per heavy atom. The zero-order valence-corrected chi connectivity index (χ0v) is 10.9. The number of anilines is 1. The molecule has 2 aromatic rings. The summed E-state index contributed by atoms with van der Waals surface area (Å²) in [5.41, 5.74) is 1.52. The number of rotatable bonds is 5. The predicted molar refractivity (Wildman–Crippen MR) is 73.1 cm³/mol. The van der Waals surface area contributed by atoms with Gasteiger partial charge in [-0.25, -0.2) is 4.98 Å². The molecule has 1 atom stereocenters. The number of benzene rings is 1. The monoisotopic (exact) mass is 260 g/mol. The third-order valence-electron chi connectivity index (χ3n) is 3.09. The van der Waals surface area contributed by atoms with Gasteiger partial charge in [0, 0.05) is 29.7 Å². The topological polar surface area (TPSA) is 83.8 Å². The standard InChI is InChI=1S/C13H16N4O2/c1-3-10(13-14-7-8-15-13)16-11-5-4-6-12(9(11)2)17(18)19/h4-8,10,16H,3H2,1-2H3,(H,14,15). The molecular weight excluding hydrogens is 244 g/mol. The molecule has 1 unspecified atom stereocenters. The number of nitrogens with zero attached hydrogens (tertiary/aromatic N) is 2. The van der Waals surface area contributed by atoms with Crippen molar-refractivity contribution in [2.75, 3.05) is 5.32 Å². The van der Waals surface area contributed by atoms with Gasteiger partial charge >= 0.3 is 0 Å². The Kier molecular flexibility index (Phi) is 3.79. The van der Waals surface area contributed by atoms with Gasteiger partial charge in [-0.15, -0.1) is 0 Å². The normalized spacial score (nSPS) is 12.1. The first-order valence-corrected chi connectivity index (χ1v) is 6.13. The van der Waals surface area contributed by atoms with Crippen LogP contribution < -0.4 is 5.32 Å². The van der Waals surface area contributed by atoms with Gasteiger partial charge < -0.3 is 10.3 Å². The summed E-state index contributed by atoms with van der Waals surface area (Å²) in [6, 6.07) is 5.04. The summed E-state index contributed by atoms with van der Waals surface area (Å²) in [6.07, 6.45) is 4.29. The summed E-state index contributed by atoms with van der Waals surface area (Å²) in [7, 11) is 0. The van der Waals surface area contributed by atoms with Crippen LogP contribution >= 0.6 is 0 Å². The van der Waals surface area contributed by atoms with Gasteiger partial charge in [0.2, 0.25) is 0 Å². The summed E-state index contributed by atoms with van der Waals surface area (Å²) in [5, 5.41) is 14.2. The zero-order valence-electron chi connectivity index (χ0n) is 10.9. The molecular formula is C13H16N4O2. The molecule has 1 aromatic heterocycles. The quantitative estimate of drug-likeness (QED) is 0.638. The molecule has 0 aliphatic carbocycles. The van der Waals surface area contributed by atoms with Gasteiger partial charge in [0.1, 0.15) is 5.82 Å². The third-order valence-corrected chi connectivity index (χ3v) is 3.09. The van der Waals surface area contributed by atoms with Crippen LogP contribution in [0.4, 0.5) is 11.4 Å². The van der Waals surface area contributed by atoms with Crippen LogP contribution in [0, 0.1) is 17.0 Å². The summed E-state index contributed by atoms with van der Waals surface area (Å²) in [6.45, 7) is 3.78. The van der Waals surface area contributed by atoms with Gasteiger partial charge in [0.05, 0.1) is 11.0 Å². The Morgan fingerprint density at radius 3 is 2.89 bits per heavy atom. The van der Waals surface area contributed by atoms with E-state index in [2.05, 4.69) is 15.3 Å². The van der Waals surface area contributed by atoms with Gasteiger partial charge in [0.25, 0.3) is 5.69 Å². The largest absolute Gasteiger partial charge is 0.375 e. The molecule has 1 heterocycles. The van der Waals surface area contributed by atoms with Gasteiger partial charge in [-0.3, -0.25) is 10.1 Å². The molecule has 0 saturated heterocycles. The SMILES string of the molecule is CCC(Nc1cccc([N+](=O)[O-])c1C)c1ncc[nH]1. The van der Waals surface area contributed by atoms with Crippen molar-refractivity contribution in [3.05, 3.63) is 52.1 Å². The van der Waals surface area contributed by atoms with Crippen molar-refractivity contribution in [3.8, 4) is 0 Å². The molecule has 0 aliphatic heterocycles. The first-order valence-electron chi connectivity index (χ1n) is 6.13. The fourth-order valence-electron chi connectivity index (χ4n) is 2.00. The summed E-state index contributed by atoms with van der Waals surface area (Å²) < 4.78 is 0. The Balaban J connectivity index is 2.28. The first-order chi connectivity index (χ1) is 9.13. The maximum atomic E-state index is 10.9. The van der Waals surface area contributed by atoms with E-state index in [9.17, 15) is 10.1 Å². The lowest BCUT2D eigenvalue weighted by Gasteiger charge is -2.17. The van der Waals surface area contributed by atoms with E-state index in [1.54, 1.807) is 25.4 Å². The second-order valence-corrected chi connectivity index (χ2v) is 4.29. The average molecular weight is 260 g/mol. The number of hydrogen-bond donors (Lipinski definition) is 2. The van der Waals surface area contributed by atoms with E-state index in [-0.39, 0.29) is 16.7 Å². The van der Waals surface area contributed by atoms with E-state index >= 15 is 0 Å². The first kappa shape index (κ1) is 13.1. The predicted octanol–water partition coefficient (Wildman–Crippen LogP) is 3.19. The van der Waals surface area contributed by atoms with E-state index < -0.39 is 0 Å². The summed E-state index contributed by atoms with van der Waals surface area (Å²) in [4.78, 5) is 17.8. The van der Waals surface area contributed by atoms with Crippen LogP contribution in [0.3, 0.4) is 0 Å². The van der Waals surface area contributed by atoms with E-state index in [1.165, 1.54) is 6.07 Å². The highest BCUT2D eigenvalue weighted by Crippen LogP contribution is 2.28. The highest BCUT2D eigenvalue weighted by atomic mass is 16.6. The molecule has 1 aromatic carbocycles. The number of nitrogens with one attached hydrogen (secondary N) is 2. The van der Waals surface area contributed by atoms with Gasteiger partial charge in [-0.05, 0) is 19.4 Å². The van der Waals surface area contributed by atoms with Crippen LogP contribution in [0.2, 0.25) is 0 Å². The number of nitro benzene ring substituents is 1. The molecule has 100 valence electrons. The van der Waals surface area contributed by atoms with E-state index in [0.717, 1.165) is 17.9 Å². The van der Waals surface area contributed by atoms with Crippen LogP contribution in [0.25, 0.3) is 0 Å². The smallest absolute Gasteiger partial charge is 0.274 e. The highest BCUT2D eigenvalue weighted by Gasteiger charge is 2.17.